The van der Waals surface area contributed by atoms with Gasteiger partial charge in [-0.3, -0.25) is 4.79 Å². The highest BCUT2D eigenvalue weighted by molar-refractivity contribution is 7.20. The molecule has 0 saturated carbocycles. The van der Waals surface area contributed by atoms with Gasteiger partial charge in [0.2, 0.25) is 0 Å². The maximum absolute atomic E-state index is 11.0. The second kappa shape index (κ2) is 8.13. The lowest BCUT2D eigenvalue weighted by Gasteiger charge is -2.39. The highest BCUT2D eigenvalue weighted by atomic mass is 32.1. The summed E-state index contributed by atoms with van der Waals surface area (Å²) in [7, 11) is 0. The van der Waals surface area contributed by atoms with E-state index in [0.717, 1.165) is 36.5 Å². The first-order valence-electron chi connectivity index (χ1n) is 9.64. The van der Waals surface area contributed by atoms with Crippen molar-refractivity contribution in [1.82, 2.24) is 0 Å². The van der Waals surface area contributed by atoms with Crippen LogP contribution in [0.4, 0.5) is 10.0 Å². The van der Waals surface area contributed by atoms with E-state index in [1.807, 2.05) is 13.0 Å². The van der Waals surface area contributed by atoms with Crippen LogP contribution in [0.25, 0.3) is 0 Å². The zero-order valence-corrected chi connectivity index (χ0v) is 17.0. The summed E-state index contributed by atoms with van der Waals surface area (Å²) in [5.41, 5.74) is 7.86. The Morgan fingerprint density at radius 1 is 1.38 bits per heavy atom. The molecule has 0 atom stereocenters. The van der Waals surface area contributed by atoms with Gasteiger partial charge in [0, 0.05) is 24.9 Å². The molecule has 1 aromatic heterocycles. The molecule has 1 saturated heterocycles. The third-order valence-electron chi connectivity index (χ3n) is 5.18. The third kappa shape index (κ3) is 3.78. The van der Waals surface area contributed by atoms with Crippen molar-refractivity contribution in [1.29, 1.82) is 5.26 Å². The summed E-state index contributed by atoms with van der Waals surface area (Å²) in [4.78, 5) is 18.0. The number of amides is 1. The molecule has 2 N–H and O–H groups in total. The molecule has 7 nitrogen and oxygen atoms in total. The van der Waals surface area contributed by atoms with E-state index in [1.165, 1.54) is 10.6 Å². The summed E-state index contributed by atoms with van der Waals surface area (Å²) < 4.78 is 11.0. The molecule has 3 aliphatic rings. The van der Waals surface area contributed by atoms with E-state index in [2.05, 4.69) is 16.0 Å². The first-order valence-corrected chi connectivity index (χ1v) is 10.5. The van der Waals surface area contributed by atoms with Crippen molar-refractivity contribution in [3.05, 3.63) is 34.9 Å². The molecule has 2 bridgehead atoms. The summed E-state index contributed by atoms with van der Waals surface area (Å²) >= 11 is 1.60. The van der Waals surface area contributed by atoms with E-state index >= 15 is 0 Å². The molecule has 0 spiro atoms. The van der Waals surface area contributed by atoms with Crippen LogP contribution in [-0.2, 0) is 4.79 Å². The number of anilines is 1. The molecule has 1 amide bonds. The molecule has 8 heteroatoms. The molecule has 2 aromatic rings. The van der Waals surface area contributed by atoms with Gasteiger partial charge in [-0.15, -0.1) is 0 Å². The van der Waals surface area contributed by atoms with Gasteiger partial charge >= 0.3 is 0 Å². The Labute approximate surface area is 173 Å². The van der Waals surface area contributed by atoms with E-state index in [-0.39, 0.29) is 6.61 Å². The SMILES string of the molecule is CCOc1cc(C=Nc2sc3c(c2C#N)C2CCN3CC2)ccc1OCC(N)=O. The van der Waals surface area contributed by atoms with Crippen LogP contribution in [0, 0.1) is 11.3 Å². The van der Waals surface area contributed by atoms with Crippen molar-refractivity contribution in [2.45, 2.75) is 25.7 Å². The van der Waals surface area contributed by atoms with Crippen LogP contribution in [0.2, 0.25) is 0 Å². The fraction of sp³-hybridized carbons (Fsp3) is 0.381. The summed E-state index contributed by atoms with van der Waals surface area (Å²) in [6.45, 7) is 4.25. The van der Waals surface area contributed by atoms with Crippen LogP contribution in [0.3, 0.4) is 0 Å². The number of piperidine rings is 1. The molecule has 29 heavy (non-hydrogen) atoms. The molecule has 4 heterocycles. The predicted octanol–water partition coefficient (Wildman–Crippen LogP) is 3.33. The Bertz CT molecular complexity index is 1000. The van der Waals surface area contributed by atoms with Gasteiger partial charge in [0.05, 0.1) is 17.2 Å². The molecule has 150 valence electrons. The quantitative estimate of drug-likeness (QED) is 0.706. The molecule has 1 aromatic carbocycles. The molecule has 5 rings (SSSR count). The van der Waals surface area contributed by atoms with Gasteiger partial charge in [0.1, 0.15) is 11.1 Å². The number of ether oxygens (including phenoxy) is 2. The van der Waals surface area contributed by atoms with E-state index in [1.54, 1.807) is 29.7 Å². The Kier molecular flexibility index (Phi) is 5.41. The summed E-state index contributed by atoms with van der Waals surface area (Å²) in [5, 5.41) is 11.7. The number of nitrogens with zero attached hydrogens (tertiary/aromatic N) is 3. The largest absolute Gasteiger partial charge is 0.490 e. The highest BCUT2D eigenvalue weighted by Gasteiger charge is 2.36. The molecule has 1 fully saturated rings. The molecule has 0 radical (unpaired) electrons. The van der Waals surface area contributed by atoms with Gasteiger partial charge in [-0.1, -0.05) is 11.3 Å². The van der Waals surface area contributed by atoms with Crippen molar-refractivity contribution < 1.29 is 14.3 Å². The monoisotopic (exact) mass is 410 g/mol. The molecule has 0 unspecified atom stereocenters. The number of carbonyl (C=O) groups excluding carboxylic acids is 1. The fourth-order valence-electron chi connectivity index (χ4n) is 3.88. The standard InChI is InChI=1S/C21H22N4O3S/c1-2-27-17-9-13(3-4-16(17)28-12-18(23)26)11-24-20-15(10-22)19-14-5-7-25(8-6-14)21(19)29-20/h3-4,9,11,14H,2,5-8,12H2,1H3,(H2,23,26). The van der Waals surface area contributed by atoms with E-state index in [4.69, 9.17) is 15.2 Å². The normalized spacial score (nSPS) is 15.4. The average Bonchev–Trinajstić information content (AvgIpc) is 3.13. The second-order valence-corrected chi connectivity index (χ2v) is 8.00. The topological polar surface area (TPSA) is 101 Å². The average molecular weight is 410 g/mol. The number of hydrogen-bond donors (Lipinski definition) is 1. The number of rotatable bonds is 7. The zero-order chi connectivity index (χ0) is 20.4. The van der Waals surface area contributed by atoms with Crippen LogP contribution in [-0.4, -0.2) is 38.4 Å². The van der Waals surface area contributed by atoms with Gasteiger partial charge in [-0.25, -0.2) is 4.99 Å². The van der Waals surface area contributed by atoms with Crippen LogP contribution in [0.1, 0.15) is 42.4 Å². The number of benzene rings is 1. The number of primary amides is 1. The van der Waals surface area contributed by atoms with Crippen LogP contribution < -0.4 is 20.1 Å². The van der Waals surface area contributed by atoms with Crippen molar-refractivity contribution in [2.75, 3.05) is 31.2 Å². The molecular weight excluding hydrogens is 388 g/mol. The lowest BCUT2D eigenvalue weighted by atomic mass is 9.84. The lowest BCUT2D eigenvalue weighted by Crippen LogP contribution is -2.37. The zero-order valence-electron chi connectivity index (χ0n) is 16.2. The number of aliphatic imine (C=N–C) groups is 1. The number of carbonyl (C=O) groups is 1. The number of nitrogens with two attached hydrogens (primary N) is 1. The highest BCUT2D eigenvalue weighted by Crippen LogP contribution is 2.52. The molecule has 0 aliphatic carbocycles. The summed E-state index contributed by atoms with van der Waals surface area (Å²) in [5.74, 6) is 0.911. The van der Waals surface area contributed by atoms with E-state index < -0.39 is 5.91 Å². The van der Waals surface area contributed by atoms with Crippen molar-refractivity contribution >= 4 is 33.5 Å². The van der Waals surface area contributed by atoms with Gasteiger partial charge in [0.15, 0.2) is 18.1 Å². The maximum atomic E-state index is 11.0. The van der Waals surface area contributed by atoms with Crippen LogP contribution in [0.15, 0.2) is 23.2 Å². The Morgan fingerprint density at radius 3 is 2.86 bits per heavy atom. The maximum Gasteiger partial charge on any atom is 0.255 e. The summed E-state index contributed by atoms with van der Waals surface area (Å²) in [6, 6.07) is 7.73. The number of fused-ring (bicyclic) bond motifs is 2. The van der Waals surface area contributed by atoms with Gasteiger partial charge < -0.3 is 20.1 Å². The fourth-order valence-corrected chi connectivity index (χ4v) is 5.11. The van der Waals surface area contributed by atoms with Gasteiger partial charge in [0.25, 0.3) is 5.91 Å². The van der Waals surface area contributed by atoms with E-state index in [9.17, 15) is 10.1 Å². The predicted molar refractivity (Wildman–Crippen MR) is 113 cm³/mol. The smallest absolute Gasteiger partial charge is 0.255 e. The van der Waals surface area contributed by atoms with Gasteiger partial charge in [-0.2, -0.15) is 5.26 Å². The van der Waals surface area contributed by atoms with Crippen LogP contribution >= 0.6 is 11.3 Å². The number of hydrogen-bond acceptors (Lipinski definition) is 7. The Morgan fingerprint density at radius 2 is 2.17 bits per heavy atom. The Hall–Kier alpha value is -3.05. The van der Waals surface area contributed by atoms with Crippen LogP contribution in [0.5, 0.6) is 11.5 Å². The second-order valence-electron chi connectivity index (χ2n) is 7.03. The van der Waals surface area contributed by atoms with Crippen molar-refractivity contribution in [3.63, 3.8) is 0 Å². The van der Waals surface area contributed by atoms with Gasteiger partial charge in [-0.05, 0) is 49.4 Å². The Balaban J connectivity index is 1.61. The van der Waals surface area contributed by atoms with Crippen molar-refractivity contribution in [2.24, 2.45) is 10.7 Å². The lowest BCUT2D eigenvalue weighted by molar-refractivity contribution is -0.119. The minimum Gasteiger partial charge on any atom is -0.490 e. The minimum atomic E-state index is -0.548. The number of nitriles is 1. The molecule has 3 aliphatic heterocycles. The first kappa shape index (κ1) is 19.3. The molecular formula is C21H22N4O3S. The minimum absolute atomic E-state index is 0.211. The first-order chi connectivity index (χ1) is 14.1. The van der Waals surface area contributed by atoms with Crippen molar-refractivity contribution in [3.8, 4) is 17.6 Å². The van der Waals surface area contributed by atoms with E-state index in [0.29, 0.717) is 29.6 Å². The summed E-state index contributed by atoms with van der Waals surface area (Å²) in [6.07, 6.45) is 3.97. The third-order valence-corrected chi connectivity index (χ3v) is 6.35. The number of thiophene rings is 1.